The van der Waals surface area contributed by atoms with Gasteiger partial charge >= 0.3 is 0 Å². The van der Waals surface area contributed by atoms with Gasteiger partial charge in [-0.05, 0) is 34.4 Å². The summed E-state index contributed by atoms with van der Waals surface area (Å²) in [6.45, 7) is 0.780. The molecule has 31 heavy (non-hydrogen) atoms. The first-order chi connectivity index (χ1) is 14.9. The highest BCUT2D eigenvalue weighted by Gasteiger charge is 2.30. The highest BCUT2D eigenvalue weighted by atomic mass is 32.2. The molecule has 2 N–H and O–H groups in total. The summed E-state index contributed by atoms with van der Waals surface area (Å²) in [5.74, 6) is -0.0510. The Morgan fingerprint density at radius 3 is 2.52 bits per heavy atom. The first kappa shape index (κ1) is 21.3. The van der Waals surface area contributed by atoms with Crippen LogP contribution in [-0.4, -0.2) is 62.2 Å². The Bertz CT molecular complexity index is 1200. The van der Waals surface area contributed by atoms with Crippen molar-refractivity contribution in [3.63, 3.8) is 0 Å². The first-order valence-corrected chi connectivity index (χ1v) is 12.1. The monoisotopic (exact) mass is 458 g/mol. The average Bonchev–Trinajstić information content (AvgIpc) is 3.34. The van der Waals surface area contributed by atoms with E-state index in [9.17, 15) is 13.2 Å². The molecule has 1 aliphatic rings. The van der Waals surface area contributed by atoms with Gasteiger partial charge in [0.2, 0.25) is 10.0 Å². The molecule has 0 bridgehead atoms. The van der Waals surface area contributed by atoms with E-state index in [1.165, 1.54) is 15.6 Å². The number of carbonyl (C=O) groups is 1. The van der Waals surface area contributed by atoms with Crippen molar-refractivity contribution in [3.8, 4) is 0 Å². The quantitative estimate of drug-likeness (QED) is 0.346. The van der Waals surface area contributed by atoms with Crippen LogP contribution in [0.2, 0.25) is 0 Å². The van der Waals surface area contributed by atoms with Gasteiger partial charge in [0, 0.05) is 37.1 Å². The van der Waals surface area contributed by atoms with Gasteiger partial charge in [-0.15, -0.1) is 0 Å². The fourth-order valence-electron chi connectivity index (χ4n) is 3.37. The number of nitrogens with two attached hydrogens (primary N) is 1. The Kier molecular flexibility index (Phi) is 6.21. The molecule has 0 atom stereocenters. The number of rotatable bonds is 6. The van der Waals surface area contributed by atoms with Gasteiger partial charge in [-0.1, -0.05) is 35.5 Å². The van der Waals surface area contributed by atoms with Crippen LogP contribution in [0.4, 0.5) is 0 Å². The van der Waals surface area contributed by atoms with Crippen molar-refractivity contribution in [2.24, 2.45) is 10.9 Å². The van der Waals surface area contributed by atoms with Gasteiger partial charge in [-0.2, -0.15) is 15.6 Å². The molecule has 2 heterocycles. The predicted molar refractivity (Wildman–Crippen MR) is 120 cm³/mol. The molecule has 0 saturated carbocycles. The zero-order valence-electron chi connectivity index (χ0n) is 16.7. The second-order valence-electron chi connectivity index (χ2n) is 7.06. The number of nitrogens with zero attached hydrogens (tertiary/aromatic N) is 3. The number of carbonyl (C=O) groups excluding carboxylic acids is 1. The topological polar surface area (TPSA) is 105 Å². The van der Waals surface area contributed by atoms with Crippen molar-refractivity contribution in [2.45, 2.75) is 4.90 Å². The van der Waals surface area contributed by atoms with Crippen molar-refractivity contribution in [1.82, 2.24) is 9.21 Å². The van der Waals surface area contributed by atoms with Crippen LogP contribution >= 0.6 is 11.3 Å². The number of amidine groups is 1. The lowest BCUT2D eigenvalue weighted by Gasteiger charge is -2.33. The molecular weight excluding hydrogens is 436 g/mol. The Morgan fingerprint density at radius 1 is 1.06 bits per heavy atom. The maximum absolute atomic E-state index is 13.0. The third-order valence-electron chi connectivity index (χ3n) is 5.12. The van der Waals surface area contributed by atoms with E-state index in [0.717, 1.165) is 16.3 Å². The van der Waals surface area contributed by atoms with Crippen molar-refractivity contribution in [3.05, 3.63) is 64.9 Å². The fourth-order valence-corrected chi connectivity index (χ4v) is 5.47. The van der Waals surface area contributed by atoms with Crippen LogP contribution in [0, 0.1) is 0 Å². The number of fused-ring (bicyclic) bond motifs is 1. The van der Waals surface area contributed by atoms with Crippen molar-refractivity contribution >= 4 is 43.9 Å². The summed E-state index contributed by atoms with van der Waals surface area (Å²) in [7, 11) is -3.63. The van der Waals surface area contributed by atoms with E-state index in [4.69, 9.17) is 10.6 Å². The fraction of sp³-hybridized carbons (Fsp3) is 0.238. The van der Waals surface area contributed by atoms with Crippen molar-refractivity contribution < 1.29 is 18.0 Å². The first-order valence-electron chi connectivity index (χ1n) is 9.70. The number of amides is 1. The molecule has 8 nitrogen and oxygen atoms in total. The van der Waals surface area contributed by atoms with Crippen LogP contribution in [0.15, 0.2) is 69.3 Å². The molecule has 1 aromatic heterocycles. The predicted octanol–water partition coefficient (Wildman–Crippen LogP) is 2.07. The van der Waals surface area contributed by atoms with E-state index in [-0.39, 0.29) is 36.3 Å². The second kappa shape index (κ2) is 9.04. The minimum Gasteiger partial charge on any atom is -0.384 e. The number of oxime groups is 1. The molecule has 1 aliphatic heterocycles. The van der Waals surface area contributed by atoms with E-state index < -0.39 is 10.0 Å². The number of benzene rings is 2. The van der Waals surface area contributed by atoms with Gasteiger partial charge < -0.3 is 15.5 Å². The van der Waals surface area contributed by atoms with Gasteiger partial charge in [-0.3, -0.25) is 4.79 Å². The molecule has 0 unspecified atom stereocenters. The minimum absolute atomic E-state index is 0.209. The summed E-state index contributed by atoms with van der Waals surface area (Å²) < 4.78 is 27.5. The van der Waals surface area contributed by atoms with Gasteiger partial charge in [0.15, 0.2) is 12.4 Å². The molecule has 1 fully saturated rings. The molecule has 10 heteroatoms. The van der Waals surface area contributed by atoms with E-state index in [2.05, 4.69) is 5.16 Å². The highest BCUT2D eigenvalue weighted by molar-refractivity contribution is 7.89. The van der Waals surface area contributed by atoms with Crippen LogP contribution in [0.1, 0.15) is 5.56 Å². The summed E-state index contributed by atoms with van der Waals surface area (Å²) in [5.41, 5.74) is 6.53. The van der Waals surface area contributed by atoms with E-state index in [1.54, 1.807) is 17.0 Å². The standard InChI is InChI=1S/C21H22N4O4S2/c22-21(18-7-12-30-15-18)23-29-14-20(26)24-8-10-25(11-9-24)31(27,28)19-6-5-16-3-1-2-4-17(16)13-19/h1-7,12-13,15H,8-11,14H2,(H2,22,23). The number of hydrogen-bond acceptors (Lipinski definition) is 6. The third-order valence-corrected chi connectivity index (χ3v) is 7.70. The van der Waals surface area contributed by atoms with Gasteiger partial charge in [0.25, 0.3) is 5.91 Å². The zero-order valence-corrected chi connectivity index (χ0v) is 18.3. The lowest BCUT2D eigenvalue weighted by Crippen LogP contribution is -2.51. The Hall–Kier alpha value is -2.95. The lowest BCUT2D eigenvalue weighted by molar-refractivity contribution is -0.137. The van der Waals surface area contributed by atoms with Gasteiger partial charge in [-0.25, -0.2) is 8.42 Å². The maximum Gasteiger partial charge on any atom is 0.263 e. The van der Waals surface area contributed by atoms with Crippen LogP contribution in [0.5, 0.6) is 0 Å². The summed E-state index contributed by atoms with van der Waals surface area (Å²) in [5, 5.41) is 9.33. The SMILES string of the molecule is N/C(=N/OCC(=O)N1CCN(S(=O)(=O)c2ccc3ccccc3c2)CC1)c1ccsc1. The Morgan fingerprint density at radius 2 is 1.81 bits per heavy atom. The molecule has 1 saturated heterocycles. The lowest BCUT2D eigenvalue weighted by atomic mass is 10.1. The van der Waals surface area contributed by atoms with E-state index >= 15 is 0 Å². The van der Waals surface area contributed by atoms with Crippen LogP contribution in [0.3, 0.4) is 0 Å². The van der Waals surface area contributed by atoms with E-state index in [0.29, 0.717) is 13.1 Å². The highest BCUT2D eigenvalue weighted by Crippen LogP contribution is 2.22. The van der Waals surface area contributed by atoms with Crippen LogP contribution in [0.25, 0.3) is 10.8 Å². The number of thiophene rings is 1. The molecule has 3 aromatic rings. The van der Waals surface area contributed by atoms with Crippen molar-refractivity contribution in [2.75, 3.05) is 32.8 Å². The third kappa shape index (κ3) is 4.71. The second-order valence-corrected chi connectivity index (χ2v) is 9.77. The Labute approximate surface area is 184 Å². The Balaban J connectivity index is 1.34. The van der Waals surface area contributed by atoms with Gasteiger partial charge in [0.05, 0.1) is 4.90 Å². The molecule has 0 radical (unpaired) electrons. The van der Waals surface area contributed by atoms with Crippen molar-refractivity contribution in [1.29, 1.82) is 0 Å². The molecular formula is C21H22N4O4S2. The molecule has 2 aromatic carbocycles. The summed E-state index contributed by atoms with van der Waals surface area (Å²) >= 11 is 1.49. The molecule has 1 amide bonds. The number of hydrogen-bond donors (Lipinski definition) is 1. The minimum atomic E-state index is -3.63. The van der Waals surface area contributed by atoms with Crippen LogP contribution < -0.4 is 5.73 Å². The summed E-state index contributed by atoms with van der Waals surface area (Å²) in [6, 6.07) is 14.5. The molecule has 162 valence electrons. The summed E-state index contributed by atoms with van der Waals surface area (Å²) in [4.78, 5) is 19.3. The zero-order chi connectivity index (χ0) is 21.8. The maximum atomic E-state index is 13.0. The molecule has 4 rings (SSSR count). The van der Waals surface area contributed by atoms with E-state index in [1.807, 2.05) is 47.2 Å². The average molecular weight is 459 g/mol. The molecule has 0 spiro atoms. The molecule has 0 aliphatic carbocycles. The normalized spacial score (nSPS) is 15.9. The number of piperazine rings is 1. The number of sulfonamides is 1. The van der Waals surface area contributed by atoms with Gasteiger partial charge in [0.1, 0.15) is 0 Å². The largest absolute Gasteiger partial charge is 0.384 e. The van der Waals surface area contributed by atoms with Crippen LogP contribution in [-0.2, 0) is 19.7 Å². The smallest absolute Gasteiger partial charge is 0.263 e. The summed E-state index contributed by atoms with van der Waals surface area (Å²) in [6.07, 6.45) is 0.